The maximum Gasteiger partial charge on any atom is 0.0101 e. The lowest BCUT2D eigenvalue weighted by Gasteiger charge is -2.19. The Balaban J connectivity index is 2.36. The molecule has 2 aromatic rings. The average molecular weight is 253 g/mol. The van der Waals surface area contributed by atoms with E-state index in [2.05, 4.69) is 68.4 Å². The van der Waals surface area contributed by atoms with Crippen molar-refractivity contribution in [2.24, 2.45) is 5.73 Å². The molecular weight excluding hydrogens is 230 g/mol. The van der Waals surface area contributed by atoms with Crippen molar-refractivity contribution in [2.45, 2.75) is 32.1 Å². The summed E-state index contributed by atoms with van der Waals surface area (Å²) in [6.45, 7) is 5.19. The molecule has 2 rings (SSSR count). The first-order valence-corrected chi connectivity index (χ1v) is 7.07. The SMILES string of the molecule is CC(C)c1cccc(C(CCN)c2ccccc2)c1. The van der Waals surface area contributed by atoms with Crippen molar-refractivity contribution in [1.82, 2.24) is 0 Å². The van der Waals surface area contributed by atoms with Gasteiger partial charge in [-0.3, -0.25) is 0 Å². The number of rotatable bonds is 5. The minimum absolute atomic E-state index is 0.407. The molecule has 100 valence electrons. The van der Waals surface area contributed by atoms with E-state index in [0.717, 1.165) is 6.42 Å². The Morgan fingerprint density at radius 1 is 0.842 bits per heavy atom. The van der Waals surface area contributed by atoms with E-state index in [-0.39, 0.29) is 0 Å². The van der Waals surface area contributed by atoms with Gasteiger partial charge in [-0.1, -0.05) is 68.4 Å². The highest BCUT2D eigenvalue weighted by atomic mass is 14.5. The predicted octanol–water partition coefficient (Wildman–Crippen LogP) is 4.29. The fraction of sp³-hybridized carbons (Fsp3) is 0.333. The number of hydrogen-bond donors (Lipinski definition) is 1. The maximum atomic E-state index is 5.80. The summed E-state index contributed by atoms with van der Waals surface area (Å²) < 4.78 is 0. The summed E-state index contributed by atoms with van der Waals surface area (Å²) in [6.07, 6.45) is 0.992. The fourth-order valence-corrected chi connectivity index (χ4v) is 2.51. The summed E-state index contributed by atoms with van der Waals surface area (Å²) in [4.78, 5) is 0. The first-order valence-electron chi connectivity index (χ1n) is 7.07. The molecule has 0 fully saturated rings. The van der Waals surface area contributed by atoms with E-state index in [1.165, 1.54) is 16.7 Å². The molecule has 2 N–H and O–H groups in total. The molecule has 0 spiro atoms. The van der Waals surface area contributed by atoms with E-state index < -0.39 is 0 Å². The molecular formula is C18H23N. The topological polar surface area (TPSA) is 26.0 Å². The van der Waals surface area contributed by atoms with E-state index in [0.29, 0.717) is 18.4 Å². The lowest BCUT2D eigenvalue weighted by Crippen LogP contribution is -2.09. The van der Waals surface area contributed by atoms with Crippen LogP contribution in [0.4, 0.5) is 0 Å². The zero-order chi connectivity index (χ0) is 13.7. The normalized spacial score (nSPS) is 12.6. The summed E-state index contributed by atoms with van der Waals surface area (Å²) in [5.41, 5.74) is 9.93. The number of benzene rings is 2. The van der Waals surface area contributed by atoms with Crippen molar-refractivity contribution in [3.05, 3.63) is 71.3 Å². The predicted molar refractivity (Wildman–Crippen MR) is 82.5 cm³/mol. The van der Waals surface area contributed by atoms with E-state index in [9.17, 15) is 0 Å². The molecule has 1 heteroatoms. The van der Waals surface area contributed by atoms with Crippen LogP contribution < -0.4 is 5.73 Å². The second kappa shape index (κ2) is 6.53. The molecule has 0 aliphatic rings. The largest absolute Gasteiger partial charge is 0.330 e. The summed E-state index contributed by atoms with van der Waals surface area (Å²) in [7, 11) is 0. The highest BCUT2D eigenvalue weighted by molar-refractivity contribution is 5.35. The third-order valence-corrected chi connectivity index (χ3v) is 3.64. The van der Waals surface area contributed by atoms with Crippen LogP contribution in [0.2, 0.25) is 0 Å². The van der Waals surface area contributed by atoms with Crippen LogP contribution in [-0.4, -0.2) is 6.54 Å². The van der Waals surface area contributed by atoms with Gasteiger partial charge < -0.3 is 5.73 Å². The molecule has 2 aromatic carbocycles. The van der Waals surface area contributed by atoms with Gasteiger partial charge in [0.2, 0.25) is 0 Å². The highest BCUT2D eigenvalue weighted by Crippen LogP contribution is 2.29. The van der Waals surface area contributed by atoms with Gasteiger partial charge in [0, 0.05) is 5.92 Å². The Labute approximate surface area is 116 Å². The molecule has 0 amide bonds. The number of nitrogens with two attached hydrogens (primary N) is 1. The average Bonchev–Trinajstić information content (AvgIpc) is 2.46. The summed E-state index contributed by atoms with van der Waals surface area (Å²) in [6, 6.07) is 19.6. The molecule has 0 aliphatic carbocycles. The van der Waals surface area contributed by atoms with Crippen molar-refractivity contribution in [1.29, 1.82) is 0 Å². The van der Waals surface area contributed by atoms with Gasteiger partial charge >= 0.3 is 0 Å². The van der Waals surface area contributed by atoms with Crippen LogP contribution in [0.25, 0.3) is 0 Å². The molecule has 0 saturated heterocycles. The minimum atomic E-state index is 0.407. The van der Waals surface area contributed by atoms with E-state index in [1.807, 2.05) is 0 Å². The maximum absolute atomic E-state index is 5.80. The smallest absolute Gasteiger partial charge is 0.0101 e. The number of hydrogen-bond acceptors (Lipinski definition) is 1. The third-order valence-electron chi connectivity index (χ3n) is 3.64. The van der Waals surface area contributed by atoms with Gasteiger partial charge in [0.15, 0.2) is 0 Å². The Bertz CT molecular complexity index is 502. The van der Waals surface area contributed by atoms with E-state index in [4.69, 9.17) is 5.73 Å². The second-order valence-electron chi connectivity index (χ2n) is 5.37. The van der Waals surface area contributed by atoms with Gasteiger partial charge in [0.1, 0.15) is 0 Å². The Morgan fingerprint density at radius 2 is 1.47 bits per heavy atom. The first kappa shape index (κ1) is 13.8. The van der Waals surface area contributed by atoms with Crippen molar-refractivity contribution in [2.75, 3.05) is 6.54 Å². The Hall–Kier alpha value is -1.60. The van der Waals surface area contributed by atoms with Crippen molar-refractivity contribution in [3.8, 4) is 0 Å². The zero-order valence-electron chi connectivity index (χ0n) is 11.8. The molecule has 1 unspecified atom stereocenters. The zero-order valence-corrected chi connectivity index (χ0v) is 11.8. The molecule has 0 aliphatic heterocycles. The van der Waals surface area contributed by atoms with Gasteiger partial charge in [-0.15, -0.1) is 0 Å². The van der Waals surface area contributed by atoms with Crippen LogP contribution in [0.15, 0.2) is 54.6 Å². The van der Waals surface area contributed by atoms with Crippen LogP contribution in [0, 0.1) is 0 Å². The van der Waals surface area contributed by atoms with Gasteiger partial charge in [0.25, 0.3) is 0 Å². The summed E-state index contributed by atoms with van der Waals surface area (Å²) in [5.74, 6) is 0.971. The van der Waals surface area contributed by atoms with Crippen LogP contribution in [0.5, 0.6) is 0 Å². The van der Waals surface area contributed by atoms with Crippen molar-refractivity contribution < 1.29 is 0 Å². The van der Waals surface area contributed by atoms with Crippen LogP contribution in [0.1, 0.15) is 48.8 Å². The third kappa shape index (κ3) is 3.45. The quantitative estimate of drug-likeness (QED) is 0.845. The van der Waals surface area contributed by atoms with Crippen molar-refractivity contribution >= 4 is 0 Å². The molecule has 0 aromatic heterocycles. The fourth-order valence-electron chi connectivity index (χ4n) is 2.51. The van der Waals surface area contributed by atoms with Gasteiger partial charge in [-0.2, -0.15) is 0 Å². The summed E-state index contributed by atoms with van der Waals surface area (Å²) in [5, 5.41) is 0. The van der Waals surface area contributed by atoms with Crippen molar-refractivity contribution in [3.63, 3.8) is 0 Å². The van der Waals surface area contributed by atoms with Crippen LogP contribution in [-0.2, 0) is 0 Å². The standard InChI is InChI=1S/C18H23N/c1-14(2)16-9-6-10-17(13-16)18(11-12-19)15-7-4-3-5-8-15/h3-10,13-14,18H,11-12,19H2,1-2H3. The lowest BCUT2D eigenvalue weighted by atomic mass is 9.86. The summed E-state index contributed by atoms with van der Waals surface area (Å²) >= 11 is 0. The lowest BCUT2D eigenvalue weighted by molar-refractivity contribution is 0.723. The monoisotopic (exact) mass is 253 g/mol. The molecule has 1 nitrogen and oxygen atoms in total. The Morgan fingerprint density at radius 3 is 2.11 bits per heavy atom. The first-order chi connectivity index (χ1) is 9.22. The molecule has 0 saturated carbocycles. The van der Waals surface area contributed by atoms with E-state index >= 15 is 0 Å². The Kier molecular flexibility index (Phi) is 4.75. The van der Waals surface area contributed by atoms with E-state index in [1.54, 1.807) is 0 Å². The molecule has 19 heavy (non-hydrogen) atoms. The highest BCUT2D eigenvalue weighted by Gasteiger charge is 2.13. The van der Waals surface area contributed by atoms with Gasteiger partial charge in [-0.05, 0) is 35.6 Å². The van der Waals surface area contributed by atoms with Crippen LogP contribution >= 0.6 is 0 Å². The molecule has 0 radical (unpaired) electrons. The van der Waals surface area contributed by atoms with Gasteiger partial charge in [-0.25, -0.2) is 0 Å². The molecule has 0 heterocycles. The molecule has 1 atom stereocenters. The minimum Gasteiger partial charge on any atom is -0.330 e. The van der Waals surface area contributed by atoms with Gasteiger partial charge in [0.05, 0.1) is 0 Å². The second-order valence-corrected chi connectivity index (χ2v) is 5.37. The van der Waals surface area contributed by atoms with Crippen LogP contribution in [0.3, 0.4) is 0 Å². The molecule has 0 bridgehead atoms.